The Labute approximate surface area is 109 Å². The van der Waals surface area contributed by atoms with Gasteiger partial charge in [-0.2, -0.15) is 0 Å². The van der Waals surface area contributed by atoms with Crippen LogP contribution in [-0.2, 0) is 4.79 Å². The monoisotopic (exact) mass is 267 g/mol. The van der Waals surface area contributed by atoms with Gasteiger partial charge in [0.25, 0.3) is 0 Å². The Balaban J connectivity index is 2.08. The van der Waals surface area contributed by atoms with Crippen LogP contribution in [0.2, 0.25) is 0 Å². The van der Waals surface area contributed by atoms with Crippen LogP contribution in [0.4, 0.5) is 10.2 Å². The van der Waals surface area contributed by atoms with Crippen LogP contribution in [0.3, 0.4) is 0 Å². The summed E-state index contributed by atoms with van der Waals surface area (Å²) in [4.78, 5) is 26.4. The summed E-state index contributed by atoms with van der Waals surface area (Å²) in [6, 6.07) is 0.442. The molecule has 1 amide bonds. The smallest absolute Gasteiger partial charge is 0.339 e. The number of pyridine rings is 1. The van der Waals surface area contributed by atoms with Crippen LogP contribution in [0, 0.1) is 5.82 Å². The van der Waals surface area contributed by atoms with Crippen molar-refractivity contribution in [1.29, 1.82) is 0 Å². The molecule has 1 aliphatic rings. The molecule has 3 N–H and O–H groups in total. The van der Waals surface area contributed by atoms with Gasteiger partial charge in [-0.05, 0) is 25.8 Å². The molecule has 0 aromatic carbocycles. The predicted octanol–water partition coefficient (Wildman–Crippen LogP) is 0.998. The Morgan fingerprint density at radius 3 is 2.79 bits per heavy atom. The molecule has 1 unspecified atom stereocenters. The van der Waals surface area contributed by atoms with E-state index in [9.17, 15) is 14.0 Å². The Morgan fingerprint density at radius 2 is 2.21 bits per heavy atom. The summed E-state index contributed by atoms with van der Waals surface area (Å²) in [5.74, 6) is -2.29. The van der Waals surface area contributed by atoms with E-state index >= 15 is 0 Å². The topological polar surface area (TPSA) is 91.3 Å². The number of carbonyl (C=O) groups is 2. The predicted molar refractivity (Wildman–Crippen MR) is 65.4 cm³/mol. The molecule has 0 aliphatic heterocycles. The third-order valence-electron chi connectivity index (χ3n) is 2.75. The first-order valence-corrected chi connectivity index (χ1v) is 5.93. The minimum absolute atomic E-state index is 0.0210. The summed E-state index contributed by atoms with van der Waals surface area (Å²) in [6.07, 6.45) is 2.83. The van der Waals surface area contributed by atoms with Gasteiger partial charge < -0.3 is 15.7 Å². The number of rotatable bonds is 5. The summed E-state index contributed by atoms with van der Waals surface area (Å²) in [5.41, 5.74) is -0.300. The van der Waals surface area contributed by atoms with E-state index in [2.05, 4.69) is 15.6 Å². The van der Waals surface area contributed by atoms with Crippen molar-refractivity contribution in [2.45, 2.75) is 31.8 Å². The lowest BCUT2D eigenvalue weighted by atomic mass is 10.2. The third kappa shape index (κ3) is 3.40. The zero-order valence-electron chi connectivity index (χ0n) is 10.3. The number of anilines is 1. The van der Waals surface area contributed by atoms with Gasteiger partial charge in [0.05, 0.1) is 6.20 Å². The van der Waals surface area contributed by atoms with Gasteiger partial charge >= 0.3 is 5.97 Å². The van der Waals surface area contributed by atoms with Crippen LogP contribution in [0.1, 0.15) is 30.1 Å². The number of nitrogens with zero attached hydrogens (tertiary/aromatic N) is 1. The van der Waals surface area contributed by atoms with E-state index in [1.807, 2.05) is 0 Å². The Bertz CT molecular complexity index is 517. The van der Waals surface area contributed by atoms with Crippen molar-refractivity contribution in [3.05, 3.63) is 23.6 Å². The number of carbonyl (C=O) groups excluding carboxylic acids is 1. The van der Waals surface area contributed by atoms with E-state index in [0.717, 1.165) is 25.1 Å². The SMILES string of the molecule is CC(Nc1ncc(F)cc1C(=O)O)C(=O)NC1CC1. The van der Waals surface area contributed by atoms with E-state index in [-0.39, 0.29) is 23.3 Å². The van der Waals surface area contributed by atoms with E-state index in [4.69, 9.17) is 5.11 Å². The van der Waals surface area contributed by atoms with E-state index in [1.165, 1.54) is 0 Å². The average molecular weight is 267 g/mol. The van der Waals surface area contributed by atoms with Crippen molar-refractivity contribution in [3.63, 3.8) is 0 Å². The molecule has 1 heterocycles. The third-order valence-corrected chi connectivity index (χ3v) is 2.75. The van der Waals surface area contributed by atoms with Crippen molar-refractivity contribution in [1.82, 2.24) is 10.3 Å². The number of amides is 1. The first-order valence-electron chi connectivity index (χ1n) is 5.93. The van der Waals surface area contributed by atoms with E-state index in [1.54, 1.807) is 6.92 Å². The second-order valence-corrected chi connectivity index (χ2v) is 4.50. The molecule has 1 aliphatic carbocycles. The minimum atomic E-state index is -1.30. The second-order valence-electron chi connectivity index (χ2n) is 4.50. The van der Waals surface area contributed by atoms with Crippen LogP contribution in [0.5, 0.6) is 0 Å². The molecule has 102 valence electrons. The minimum Gasteiger partial charge on any atom is -0.478 e. The number of hydrogen-bond acceptors (Lipinski definition) is 4. The maximum Gasteiger partial charge on any atom is 0.339 e. The molecule has 0 radical (unpaired) electrons. The molecule has 0 spiro atoms. The van der Waals surface area contributed by atoms with E-state index in [0.29, 0.717) is 0 Å². The average Bonchev–Trinajstić information content (AvgIpc) is 3.14. The fourth-order valence-corrected chi connectivity index (χ4v) is 1.54. The lowest BCUT2D eigenvalue weighted by Gasteiger charge is -2.15. The standard InChI is InChI=1S/C12H14FN3O3/c1-6(11(17)16-8-2-3-8)15-10-9(12(18)19)4-7(13)5-14-10/h4-6,8H,2-3H2,1H3,(H,14,15)(H,16,17)(H,18,19). The fourth-order valence-electron chi connectivity index (χ4n) is 1.54. The maximum absolute atomic E-state index is 13.0. The first kappa shape index (κ1) is 13.3. The zero-order valence-corrected chi connectivity index (χ0v) is 10.3. The van der Waals surface area contributed by atoms with Crippen molar-refractivity contribution >= 4 is 17.7 Å². The number of halogens is 1. The molecule has 0 bridgehead atoms. The summed E-state index contributed by atoms with van der Waals surface area (Å²) >= 11 is 0. The molecule has 1 atom stereocenters. The second kappa shape index (κ2) is 5.21. The van der Waals surface area contributed by atoms with Crippen LogP contribution in [-0.4, -0.2) is 34.1 Å². The van der Waals surface area contributed by atoms with Crippen LogP contribution in [0.25, 0.3) is 0 Å². The Kier molecular flexibility index (Phi) is 3.64. The molecular formula is C12H14FN3O3. The fraction of sp³-hybridized carbons (Fsp3) is 0.417. The maximum atomic E-state index is 13.0. The number of aromatic carboxylic acids is 1. The van der Waals surface area contributed by atoms with Gasteiger partial charge in [0.1, 0.15) is 23.2 Å². The van der Waals surface area contributed by atoms with Crippen molar-refractivity contribution < 1.29 is 19.1 Å². The zero-order chi connectivity index (χ0) is 14.0. The highest BCUT2D eigenvalue weighted by atomic mass is 19.1. The van der Waals surface area contributed by atoms with Gasteiger partial charge in [-0.15, -0.1) is 0 Å². The highest BCUT2D eigenvalue weighted by Crippen LogP contribution is 2.19. The highest BCUT2D eigenvalue weighted by molar-refractivity contribution is 5.94. The van der Waals surface area contributed by atoms with Gasteiger partial charge in [0.2, 0.25) is 5.91 Å². The molecule has 1 fully saturated rings. The molecule has 1 aromatic heterocycles. The first-order chi connectivity index (χ1) is 8.97. The van der Waals surface area contributed by atoms with Gasteiger partial charge in [-0.3, -0.25) is 4.79 Å². The molecule has 0 saturated heterocycles. The Hall–Kier alpha value is -2.18. The van der Waals surface area contributed by atoms with E-state index < -0.39 is 17.8 Å². The summed E-state index contributed by atoms with van der Waals surface area (Å²) in [7, 11) is 0. The lowest BCUT2D eigenvalue weighted by molar-refractivity contribution is -0.121. The number of aromatic nitrogens is 1. The Morgan fingerprint density at radius 1 is 1.53 bits per heavy atom. The summed E-state index contributed by atoms with van der Waals surface area (Å²) < 4.78 is 13.0. The lowest BCUT2D eigenvalue weighted by Crippen LogP contribution is -2.39. The van der Waals surface area contributed by atoms with Crippen molar-refractivity contribution in [2.24, 2.45) is 0 Å². The molecule has 6 nitrogen and oxygen atoms in total. The number of nitrogens with one attached hydrogen (secondary N) is 2. The highest BCUT2D eigenvalue weighted by Gasteiger charge is 2.26. The van der Waals surface area contributed by atoms with Gasteiger partial charge in [-0.1, -0.05) is 0 Å². The number of hydrogen-bond donors (Lipinski definition) is 3. The molecule has 1 saturated carbocycles. The van der Waals surface area contributed by atoms with Crippen molar-refractivity contribution in [3.8, 4) is 0 Å². The van der Waals surface area contributed by atoms with Gasteiger partial charge in [0, 0.05) is 6.04 Å². The van der Waals surface area contributed by atoms with Gasteiger partial charge in [0.15, 0.2) is 0 Å². The normalized spacial score (nSPS) is 15.7. The largest absolute Gasteiger partial charge is 0.478 e. The number of carboxylic acids is 1. The van der Waals surface area contributed by atoms with Crippen LogP contribution in [0.15, 0.2) is 12.3 Å². The van der Waals surface area contributed by atoms with Crippen LogP contribution < -0.4 is 10.6 Å². The molecular weight excluding hydrogens is 253 g/mol. The van der Waals surface area contributed by atoms with Gasteiger partial charge in [-0.25, -0.2) is 14.2 Å². The quantitative estimate of drug-likeness (QED) is 0.740. The summed E-state index contributed by atoms with van der Waals surface area (Å²) in [5, 5.41) is 14.4. The molecule has 19 heavy (non-hydrogen) atoms. The molecule has 7 heteroatoms. The molecule has 1 aromatic rings. The van der Waals surface area contributed by atoms with Crippen LogP contribution >= 0.6 is 0 Å². The molecule has 2 rings (SSSR count). The van der Waals surface area contributed by atoms with Crippen molar-refractivity contribution in [2.75, 3.05) is 5.32 Å². The number of carboxylic acid groups (broad SMARTS) is 1. The summed E-state index contributed by atoms with van der Waals surface area (Å²) in [6.45, 7) is 1.59.